The molecule has 1 aromatic rings. The van der Waals surface area contributed by atoms with Gasteiger partial charge < -0.3 is 15.5 Å². The highest BCUT2D eigenvalue weighted by Crippen LogP contribution is 2.02. The smallest absolute Gasteiger partial charge is 0.326 e. The second kappa shape index (κ2) is 8.38. The van der Waals surface area contributed by atoms with Crippen molar-refractivity contribution in [1.29, 1.82) is 0 Å². The van der Waals surface area contributed by atoms with Crippen molar-refractivity contribution >= 4 is 17.8 Å². The molecule has 0 aromatic heterocycles. The van der Waals surface area contributed by atoms with Gasteiger partial charge in [0.25, 0.3) is 5.91 Å². The number of hydrogen-bond donors (Lipinski definition) is 3. The second-order valence-corrected chi connectivity index (χ2v) is 4.27. The molecule has 0 aliphatic carbocycles. The summed E-state index contributed by atoms with van der Waals surface area (Å²) < 4.78 is 0. The Morgan fingerprint density at radius 2 is 1.81 bits per heavy atom. The molecule has 1 atom stereocenters. The van der Waals surface area contributed by atoms with E-state index in [1.165, 1.54) is 0 Å². The number of rotatable bonds is 6. The molecule has 0 unspecified atom stereocenters. The minimum absolute atomic E-state index is 0.0421. The molecule has 0 fully saturated rings. The lowest BCUT2D eigenvalue weighted by Crippen LogP contribution is -2.40. The zero-order valence-corrected chi connectivity index (χ0v) is 11.2. The van der Waals surface area contributed by atoms with Gasteiger partial charge in [-0.05, 0) is 25.0 Å². The lowest BCUT2D eigenvalue weighted by molar-refractivity contribution is -0.142. The molecule has 1 amide bonds. The summed E-state index contributed by atoms with van der Waals surface area (Å²) in [5, 5.41) is 19.7. The molecule has 0 aliphatic rings. The lowest BCUT2D eigenvalue weighted by atomic mass is 10.1. The van der Waals surface area contributed by atoms with Gasteiger partial charge in [0.15, 0.2) is 0 Å². The average Bonchev–Trinajstić information content (AvgIpc) is 2.44. The summed E-state index contributed by atoms with van der Waals surface area (Å²) >= 11 is 0. The Labute approximate surface area is 121 Å². The van der Waals surface area contributed by atoms with Crippen LogP contribution < -0.4 is 5.32 Å². The number of carbonyl (C=O) groups is 3. The summed E-state index contributed by atoms with van der Waals surface area (Å²) in [7, 11) is 0. The first-order valence-electron chi connectivity index (χ1n) is 6.31. The van der Waals surface area contributed by atoms with E-state index in [-0.39, 0.29) is 19.3 Å². The summed E-state index contributed by atoms with van der Waals surface area (Å²) in [4.78, 5) is 32.9. The molecule has 0 saturated carbocycles. The van der Waals surface area contributed by atoms with E-state index in [0.717, 1.165) is 0 Å². The highest BCUT2D eigenvalue weighted by molar-refractivity contribution is 5.96. The van der Waals surface area contributed by atoms with Crippen LogP contribution in [-0.4, -0.2) is 34.1 Å². The third kappa shape index (κ3) is 6.78. The van der Waals surface area contributed by atoms with Crippen molar-refractivity contribution in [3.63, 3.8) is 0 Å². The number of carbonyl (C=O) groups excluding carboxylic acids is 1. The van der Waals surface area contributed by atoms with Crippen molar-refractivity contribution in [1.82, 2.24) is 5.32 Å². The maximum atomic E-state index is 11.6. The zero-order chi connectivity index (χ0) is 15.7. The van der Waals surface area contributed by atoms with Crippen LogP contribution in [0.25, 0.3) is 0 Å². The van der Waals surface area contributed by atoms with Crippen molar-refractivity contribution in [3.05, 3.63) is 35.9 Å². The van der Waals surface area contributed by atoms with Crippen molar-refractivity contribution in [2.24, 2.45) is 0 Å². The number of carboxylic acid groups (broad SMARTS) is 2. The number of hydrogen-bond acceptors (Lipinski definition) is 3. The van der Waals surface area contributed by atoms with E-state index in [1.807, 2.05) is 6.07 Å². The second-order valence-electron chi connectivity index (χ2n) is 4.27. The number of carboxylic acids is 2. The standard InChI is InChI=1S/C15H15NO5/c17-13(10-9-11-5-2-1-3-6-11)16-12(15(20)21)7-4-8-14(18)19/h1-3,5-6,12H,4,7-8H2,(H,16,17)(H,18,19)(H,20,21)/t12-/m1/s1. The summed E-state index contributed by atoms with van der Waals surface area (Å²) in [6.07, 6.45) is 0.0639. The molecule has 110 valence electrons. The average molecular weight is 289 g/mol. The molecule has 6 heteroatoms. The van der Waals surface area contributed by atoms with Gasteiger partial charge >= 0.3 is 11.9 Å². The summed E-state index contributed by atoms with van der Waals surface area (Å²) in [6.45, 7) is 0. The van der Waals surface area contributed by atoms with Gasteiger partial charge in [0, 0.05) is 17.9 Å². The minimum atomic E-state index is -1.21. The Kier molecular flexibility index (Phi) is 6.48. The Balaban J connectivity index is 2.55. The fourth-order valence-electron chi connectivity index (χ4n) is 1.56. The third-order valence-corrected chi connectivity index (χ3v) is 2.58. The van der Waals surface area contributed by atoms with Gasteiger partial charge in [-0.1, -0.05) is 24.1 Å². The lowest BCUT2D eigenvalue weighted by Gasteiger charge is -2.11. The largest absolute Gasteiger partial charge is 0.481 e. The first kappa shape index (κ1) is 16.2. The monoisotopic (exact) mass is 289 g/mol. The number of aliphatic carboxylic acids is 2. The fourth-order valence-corrected chi connectivity index (χ4v) is 1.56. The molecular formula is C15H15NO5. The van der Waals surface area contributed by atoms with Gasteiger partial charge in [-0.25, -0.2) is 4.79 Å². The molecule has 1 aromatic carbocycles. The third-order valence-electron chi connectivity index (χ3n) is 2.58. The Hall–Kier alpha value is -2.81. The van der Waals surface area contributed by atoms with Crippen LogP contribution >= 0.6 is 0 Å². The van der Waals surface area contributed by atoms with Crippen LogP contribution in [0.2, 0.25) is 0 Å². The van der Waals surface area contributed by atoms with Crippen LogP contribution in [0.5, 0.6) is 0 Å². The van der Waals surface area contributed by atoms with Crippen LogP contribution in [0.15, 0.2) is 30.3 Å². The van der Waals surface area contributed by atoms with Gasteiger partial charge in [-0.3, -0.25) is 9.59 Å². The molecule has 0 heterocycles. The van der Waals surface area contributed by atoms with Crippen molar-refractivity contribution in [2.45, 2.75) is 25.3 Å². The Bertz CT molecular complexity index is 571. The van der Waals surface area contributed by atoms with Crippen LogP contribution in [-0.2, 0) is 14.4 Å². The maximum Gasteiger partial charge on any atom is 0.326 e. The van der Waals surface area contributed by atoms with Gasteiger partial charge in [0.1, 0.15) is 6.04 Å². The van der Waals surface area contributed by atoms with E-state index in [2.05, 4.69) is 17.2 Å². The molecule has 0 bridgehead atoms. The molecular weight excluding hydrogens is 274 g/mol. The molecule has 3 N–H and O–H groups in total. The molecule has 0 saturated heterocycles. The van der Waals surface area contributed by atoms with Crippen molar-refractivity contribution in [2.75, 3.05) is 0 Å². The maximum absolute atomic E-state index is 11.6. The van der Waals surface area contributed by atoms with Crippen molar-refractivity contribution < 1.29 is 24.6 Å². The molecule has 1 rings (SSSR count). The quantitative estimate of drug-likeness (QED) is 0.674. The van der Waals surface area contributed by atoms with Gasteiger partial charge in [0.05, 0.1) is 0 Å². The van der Waals surface area contributed by atoms with Gasteiger partial charge in [-0.15, -0.1) is 0 Å². The SMILES string of the molecule is O=C(O)CCC[C@@H](NC(=O)C#Cc1ccccc1)C(=O)O. The van der Waals surface area contributed by atoms with Gasteiger partial charge in [-0.2, -0.15) is 0 Å². The Morgan fingerprint density at radius 3 is 2.38 bits per heavy atom. The minimum Gasteiger partial charge on any atom is -0.481 e. The summed E-state index contributed by atoms with van der Waals surface area (Å²) in [6, 6.07) is 7.67. The summed E-state index contributed by atoms with van der Waals surface area (Å²) in [5.41, 5.74) is 0.644. The number of nitrogens with one attached hydrogen (secondary N) is 1. The topological polar surface area (TPSA) is 104 Å². The van der Waals surface area contributed by atoms with E-state index in [4.69, 9.17) is 10.2 Å². The van der Waals surface area contributed by atoms with E-state index in [9.17, 15) is 14.4 Å². The summed E-state index contributed by atoms with van der Waals surface area (Å²) in [5.74, 6) is 1.99. The van der Waals surface area contributed by atoms with Crippen LogP contribution in [0.4, 0.5) is 0 Å². The highest BCUT2D eigenvalue weighted by Gasteiger charge is 2.19. The van der Waals surface area contributed by atoms with E-state index in [1.54, 1.807) is 24.3 Å². The molecule has 0 aliphatic heterocycles. The predicted molar refractivity (Wildman–Crippen MR) is 74.4 cm³/mol. The number of benzene rings is 1. The van der Waals surface area contributed by atoms with Crippen LogP contribution in [0, 0.1) is 11.8 Å². The van der Waals surface area contributed by atoms with Gasteiger partial charge in [0.2, 0.25) is 0 Å². The number of amides is 1. The zero-order valence-electron chi connectivity index (χ0n) is 11.2. The Morgan fingerprint density at radius 1 is 1.14 bits per heavy atom. The van der Waals surface area contributed by atoms with E-state index >= 15 is 0 Å². The first-order valence-corrected chi connectivity index (χ1v) is 6.31. The van der Waals surface area contributed by atoms with E-state index in [0.29, 0.717) is 5.56 Å². The predicted octanol–water partition coefficient (Wildman–Crippen LogP) is 0.862. The van der Waals surface area contributed by atoms with Crippen LogP contribution in [0.1, 0.15) is 24.8 Å². The first-order chi connectivity index (χ1) is 9.99. The molecule has 6 nitrogen and oxygen atoms in total. The molecule has 21 heavy (non-hydrogen) atoms. The van der Waals surface area contributed by atoms with E-state index < -0.39 is 23.9 Å². The normalized spacial score (nSPS) is 10.9. The fraction of sp³-hybridized carbons (Fsp3) is 0.267. The highest BCUT2D eigenvalue weighted by atomic mass is 16.4. The van der Waals surface area contributed by atoms with Crippen LogP contribution in [0.3, 0.4) is 0 Å². The molecule has 0 radical (unpaired) electrons. The molecule has 0 spiro atoms. The van der Waals surface area contributed by atoms with Crippen molar-refractivity contribution in [3.8, 4) is 11.8 Å².